The summed E-state index contributed by atoms with van der Waals surface area (Å²) in [5.74, 6) is 1.61. The lowest BCUT2D eigenvalue weighted by molar-refractivity contribution is 0.0690. The molecule has 1 aliphatic heterocycles. The van der Waals surface area contributed by atoms with Crippen molar-refractivity contribution >= 4 is 5.91 Å². The molecule has 0 spiro atoms. The molecule has 0 unspecified atom stereocenters. The number of carbonyl (C=O) groups is 1. The molecule has 120 valence electrons. The molecule has 2 aromatic rings. The molecule has 1 amide bonds. The zero-order chi connectivity index (χ0) is 15.8. The van der Waals surface area contributed by atoms with E-state index < -0.39 is 0 Å². The van der Waals surface area contributed by atoms with E-state index in [2.05, 4.69) is 20.4 Å². The van der Waals surface area contributed by atoms with Gasteiger partial charge in [-0.05, 0) is 66.8 Å². The molecule has 0 N–H and O–H groups in total. The first-order valence-corrected chi connectivity index (χ1v) is 8.40. The molecule has 1 aliphatic carbocycles. The van der Waals surface area contributed by atoms with Crippen molar-refractivity contribution in [3.63, 3.8) is 0 Å². The smallest absolute Gasteiger partial charge is 0.254 e. The van der Waals surface area contributed by atoms with Gasteiger partial charge >= 0.3 is 0 Å². The topological polar surface area (TPSA) is 63.9 Å². The third-order valence-corrected chi connectivity index (χ3v) is 5.26. The van der Waals surface area contributed by atoms with E-state index in [1.54, 1.807) is 4.68 Å². The summed E-state index contributed by atoms with van der Waals surface area (Å²) in [7, 11) is 0. The number of amides is 1. The van der Waals surface area contributed by atoms with Crippen molar-refractivity contribution in [3.8, 4) is 5.69 Å². The van der Waals surface area contributed by atoms with Gasteiger partial charge < -0.3 is 4.90 Å². The van der Waals surface area contributed by atoms with Crippen molar-refractivity contribution < 1.29 is 4.79 Å². The lowest BCUT2D eigenvalue weighted by Gasteiger charge is -2.31. The quantitative estimate of drug-likeness (QED) is 0.854. The maximum Gasteiger partial charge on any atom is 0.254 e. The molecule has 2 heterocycles. The van der Waals surface area contributed by atoms with Gasteiger partial charge in [-0.1, -0.05) is 12.8 Å². The Balaban J connectivity index is 1.54. The molecule has 6 heteroatoms. The summed E-state index contributed by atoms with van der Waals surface area (Å²) >= 11 is 0. The number of aryl methyl sites for hydroxylation is 1. The second-order valence-electron chi connectivity index (χ2n) is 6.58. The number of carbonyl (C=O) groups excluding carboxylic acids is 1. The molecular formula is C17H21N5O. The van der Waals surface area contributed by atoms with Crippen LogP contribution in [-0.4, -0.2) is 43.6 Å². The maximum atomic E-state index is 12.8. The number of hydrogen-bond acceptors (Lipinski definition) is 4. The number of hydrogen-bond donors (Lipinski definition) is 0. The van der Waals surface area contributed by atoms with Crippen molar-refractivity contribution in [3.05, 3.63) is 35.7 Å². The van der Waals surface area contributed by atoms with E-state index in [1.165, 1.54) is 19.3 Å². The number of nitrogens with zero attached hydrogens (tertiary/aromatic N) is 5. The first-order chi connectivity index (χ1) is 11.2. The van der Waals surface area contributed by atoms with Crippen LogP contribution in [0.5, 0.6) is 0 Å². The van der Waals surface area contributed by atoms with Crippen molar-refractivity contribution in [2.75, 3.05) is 6.54 Å². The summed E-state index contributed by atoms with van der Waals surface area (Å²) in [6.07, 6.45) is 6.19. The summed E-state index contributed by atoms with van der Waals surface area (Å²) in [4.78, 5) is 14.9. The molecule has 1 aromatic heterocycles. The minimum Gasteiger partial charge on any atom is -0.335 e. The first-order valence-electron chi connectivity index (χ1n) is 8.40. The van der Waals surface area contributed by atoms with Crippen molar-refractivity contribution in [2.24, 2.45) is 5.92 Å². The molecule has 1 saturated carbocycles. The highest BCUT2D eigenvalue weighted by atomic mass is 16.2. The summed E-state index contributed by atoms with van der Waals surface area (Å²) in [5.41, 5.74) is 1.63. The molecule has 0 radical (unpaired) electrons. The van der Waals surface area contributed by atoms with Gasteiger partial charge in [0.05, 0.1) is 5.69 Å². The van der Waals surface area contributed by atoms with Crippen LogP contribution in [0.15, 0.2) is 24.3 Å². The number of fused-ring (bicyclic) bond motifs is 1. The van der Waals surface area contributed by atoms with Gasteiger partial charge in [0.2, 0.25) is 0 Å². The van der Waals surface area contributed by atoms with Crippen LogP contribution in [0.4, 0.5) is 0 Å². The van der Waals surface area contributed by atoms with Crippen LogP contribution in [0.3, 0.4) is 0 Å². The Kier molecular flexibility index (Phi) is 3.59. The second kappa shape index (κ2) is 5.76. The van der Waals surface area contributed by atoms with Crippen LogP contribution in [0.25, 0.3) is 5.69 Å². The zero-order valence-electron chi connectivity index (χ0n) is 13.4. The van der Waals surface area contributed by atoms with Crippen LogP contribution < -0.4 is 0 Å². The van der Waals surface area contributed by atoms with E-state index in [9.17, 15) is 4.79 Å². The van der Waals surface area contributed by atoms with Gasteiger partial charge in [0.15, 0.2) is 5.82 Å². The SMILES string of the molecule is Cc1nnnn1-c1ccc(C(=O)N2CC[C@@H]3CCCC[C@@H]32)cc1. The summed E-state index contributed by atoms with van der Waals surface area (Å²) in [6, 6.07) is 8.04. The molecule has 2 fully saturated rings. The van der Waals surface area contributed by atoms with Crippen LogP contribution in [0, 0.1) is 12.8 Å². The average molecular weight is 311 g/mol. The normalized spacial score (nSPS) is 23.8. The monoisotopic (exact) mass is 311 g/mol. The molecule has 1 aromatic carbocycles. The number of tetrazole rings is 1. The highest BCUT2D eigenvalue weighted by Gasteiger charge is 2.38. The third-order valence-electron chi connectivity index (χ3n) is 5.26. The van der Waals surface area contributed by atoms with Crippen LogP contribution in [0.2, 0.25) is 0 Å². The standard InChI is InChI=1S/C17H21N5O/c1-12-18-19-20-22(12)15-8-6-14(7-9-15)17(23)21-11-10-13-4-2-3-5-16(13)21/h6-9,13,16H,2-5,10-11H2,1H3/t13-,16-/m0/s1. The second-order valence-corrected chi connectivity index (χ2v) is 6.58. The van der Waals surface area contributed by atoms with Crippen molar-refractivity contribution in [2.45, 2.75) is 45.1 Å². The predicted octanol–water partition coefficient (Wildman–Crippen LogP) is 2.38. The van der Waals surface area contributed by atoms with Gasteiger partial charge in [-0.15, -0.1) is 5.10 Å². The van der Waals surface area contributed by atoms with E-state index in [1.807, 2.05) is 31.2 Å². The number of rotatable bonds is 2. The highest BCUT2D eigenvalue weighted by Crippen LogP contribution is 2.36. The van der Waals surface area contributed by atoms with E-state index in [-0.39, 0.29) is 5.91 Å². The van der Waals surface area contributed by atoms with E-state index in [0.29, 0.717) is 6.04 Å². The minimum atomic E-state index is 0.166. The van der Waals surface area contributed by atoms with Crippen molar-refractivity contribution in [1.82, 2.24) is 25.1 Å². The molecule has 2 aliphatic rings. The minimum absolute atomic E-state index is 0.166. The van der Waals surface area contributed by atoms with Crippen LogP contribution in [-0.2, 0) is 0 Å². The van der Waals surface area contributed by atoms with Gasteiger partial charge in [-0.25, -0.2) is 0 Å². The first kappa shape index (κ1) is 14.4. The van der Waals surface area contributed by atoms with Crippen LogP contribution >= 0.6 is 0 Å². The largest absolute Gasteiger partial charge is 0.335 e. The third kappa shape index (κ3) is 2.52. The Hall–Kier alpha value is -2.24. The molecule has 1 saturated heterocycles. The molecule has 2 atom stereocenters. The predicted molar refractivity (Wildman–Crippen MR) is 85.3 cm³/mol. The zero-order valence-corrected chi connectivity index (χ0v) is 13.4. The Morgan fingerprint density at radius 2 is 1.91 bits per heavy atom. The van der Waals surface area contributed by atoms with E-state index >= 15 is 0 Å². The number of benzene rings is 1. The average Bonchev–Trinajstić information content (AvgIpc) is 3.20. The molecule has 23 heavy (non-hydrogen) atoms. The summed E-state index contributed by atoms with van der Waals surface area (Å²) in [6.45, 7) is 2.76. The molecular weight excluding hydrogens is 290 g/mol. The molecule has 6 nitrogen and oxygen atoms in total. The fourth-order valence-corrected chi connectivity index (χ4v) is 4.04. The lowest BCUT2D eigenvalue weighted by Crippen LogP contribution is -2.39. The Morgan fingerprint density at radius 1 is 1.13 bits per heavy atom. The fourth-order valence-electron chi connectivity index (χ4n) is 4.04. The maximum absolute atomic E-state index is 12.8. The van der Waals surface area contributed by atoms with Gasteiger partial charge in [-0.3, -0.25) is 4.79 Å². The molecule has 0 bridgehead atoms. The molecule has 4 rings (SSSR count). The Bertz CT molecular complexity index is 708. The van der Waals surface area contributed by atoms with Gasteiger partial charge in [0.1, 0.15) is 0 Å². The van der Waals surface area contributed by atoms with Gasteiger partial charge in [0.25, 0.3) is 5.91 Å². The summed E-state index contributed by atoms with van der Waals surface area (Å²) < 4.78 is 1.67. The highest BCUT2D eigenvalue weighted by molar-refractivity contribution is 5.94. The van der Waals surface area contributed by atoms with E-state index in [0.717, 1.165) is 42.4 Å². The fraction of sp³-hybridized carbons (Fsp3) is 0.529. The van der Waals surface area contributed by atoms with Gasteiger partial charge in [0, 0.05) is 18.2 Å². The Morgan fingerprint density at radius 3 is 2.65 bits per heavy atom. The number of aromatic nitrogens is 4. The Labute approximate surface area is 135 Å². The summed E-state index contributed by atoms with van der Waals surface area (Å²) in [5, 5.41) is 11.5. The van der Waals surface area contributed by atoms with Gasteiger partial charge in [-0.2, -0.15) is 4.68 Å². The van der Waals surface area contributed by atoms with E-state index in [4.69, 9.17) is 0 Å². The lowest BCUT2D eigenvalue weighted by atomic mass is 9.85. The van der Waals surface area contributed by atoms with Crippen LogP contribution in [0.1, 0.15) is 48.3 Å². The number of likely N-dealkylation sites (tertiary alicyclic amines) is 1. The van der Waals surface area contributed by atoms with Crippen molar-refractivity contribution in [1.29, 1.82) is 0 Å².